The monoisotopic (exact) mass is 241 g/mol. The number of rotatable bonds is 4. The fourth-order valence-electron chi connectivity index (χ4n) is 1.12. The normalized spacial score (nSPS) is 9.88. The molecular formula is C12H16ClNO2. The average Bonchev–Trinajstić information content (AvgIpc) is 2.27. The SMILES string of the molecule is CCOC(=O)/C=C/c1ccc(CN)cc1.Cl. The van der Waals surface area contributed by atoms with Crippen molar-refractivity contribution in [1.82, 2.24) is 0 Å². The number of carbonyl (C=O) groups is 1. The summed E-state index contributed by atoms with van der Waals surface area (Å²) in [4.78, 5) is 11.0. The van der Waals surface area contributed by atoms with Gasteiger partial charge in [0, 0.05) is 12.6 Å². The fourth-order valence-corrected chi connectivity index (χ4v) is 1.12. The molecule has 4 heteroatoms. The van der Waals surface area contributed by atoms with E-state index in [-0.39, 0.29) is 18.4 Å². The van der Waals surface area contributed by atoms with Crippen LogP contribution >= 0.6 is 12.4 Å². The van der Waals surface area contributed by atoms with Crippen molar-refractivity contribution in [1.29, 1.82) is 0 Å². The Morgan fingerprint density at radius 1 is 1.38 bits per heavy atom. The fraction of sp³-hybridized carbons (Fsp3) is 0.250. The highest BCUT2D eigenvalue weighted by molar-refractivity contribution is 5.87. The van der Waals surface area contributed by atoms with Gasteiger partial charge in [0.05, 0.1) is 6.61 Å². The summed E-state index contributed by atoms with van der Waals surface area (Å²) in [6.45, 7) is 2.71. The van der Waals surface area contributed by atoms with Crippen LogP contribution in [0.5, 0.6) is 0 Å². The number of carbonyl (C=O) groups excluding carboxylic acids is 1. The van der Waals surface area contributed by atoms with Crippen LogP contribution in [-0.4, -0.2) is 12.6 Å². The summed E-state index contributed by atoms with van der Waals surface area (Å²) in [5, 5.41) is 0. The summed E-state index contributed by atoms with van der Waals surface area (Å²) >= 11 is 0. The van der Waals surface area contributed by atoms with E-state index in [1.54, 1.807) is 13.0 Å². The van der Waals surface area contributed by atoms with Gasteiger partial charge in [0.2, 0.25) is 0 Å². The van der Waals surface area contributed by atoms with Crippen LogP contribution in [0.15, 0.2) is 30.3 Å². The highest BCUT2D eigenvalue weighted by Crippen LogP contribution is 2.05. The molecular weight excluding hydrogens is 226 g/mol. The molecule has 0 bridgehead atoms. The number of ether oxygens (including phenoxy) is 1. The summed E-state index contributed by atoms with van der Waals surface area (Å²) in [6.07, 6.45) is 3.14. The van der Waals surface area contributed by atoms with Crippen molar-refractivity contribution < 1.29 is 9.53 Å². The molecule has 2 N–H and O–H groups in total. The number of benzene rings is 1. The van der Waals surface area contributed by atoms with Crippen LogP contribution < -0.4 is 5.73 Å². The van der Waals surface area contributed by atoms with Gasteiger partial charge in [0.1, 0.15) is 0 Å². The quantitative estimate of drug-likeness (QED) is 0.649. The third kappa shape index (κ3) is 4.96. The predicted molar refractivity (Wildman–Crippen MR) is 67.2 cm³/mol. The first-order chi connectivity index (χ1) is 7.26. The predicted octanol–water partition coefficient (Wildman–Crippen LogP) is 2.14. The molecule has 0 fully saturated rings. The van der Waals surface area contributed by atoms with Gasteiger partial charge in [-0.25, -0.2) is 4.79 Å². The number of nitrogens with two attached hydrogens (primary N) is 1. The molecule has 0 amide bonds. The highest BCUT2D eigenvalue weighted by Gasteiger charge is 1.94. The molecule has 1 aromatic carbocycles. The van der Waals surface area contributed by atoms with Gasteiger partial charge < -0.3 is 10.5 Å². The molecule has 0 aliphatic carbocycles. The van der Waals surface area contributed by atoms with E-state index in [1.807, 2.05) is 24.3 Å². The standard InChI is InChI=1S/C12H15NO2.ClH/c1-2-15-12(14)8-7-10-3-5-11(9-13)6-4-10;/h3-8H,2,9,13H2,1H3;1H/b8-7+;. The van der Waals surface area contributed by atoms with Crippen molar-refractivity contribution >= 4 is 24.5 Å². The number of esters is 1. The Hall–Kier alpha value is -1.32. The lowest BCUT2D eigenvalue weighted by atomic mass is 10.1. The van der Waals surface area contributed by atoms with Crippen LogP contribution in [0, 0.1) is 0 Å². The maximum Gasteiger partial charge on any atom is 0.330 e. The second-order valence-corrected chi connectivity index (χ2v) is 3.03. The lowest BCUT2D eigenvalue weighted by Gasteiger charge is -1.97. The summed E-state index contributed by atoms with van der Waals surface area (Å²) in [7, 11) is 0. The third-order valence-electron chi connectivity index (χ3n) is 1.91. The van der Waals surface area contributed by atoms with Gasteiger partial charge in [-0.15, -0.1) is 12.4 Å². The molecule has 0 radical (unpaired) electrons. The molecule has 3 nitrogen and oxygen atoms in total. The lowest BCUT2D eigenvalue weighted by Crippen LogP contribution is -1.98. The smallest absolute Gasteiger partial charge is 0.330 e. The van der Waals surface area contributed by atoms with Crippen molar-refractivity contribution in [3.8, 4) is 0 Å². The lowest BCUT2D eigenvalue weighted by molar-refractivity contribution is -0.137. The van der Waals surface area contributed by atoms with Crippen molar-refractivity contribution in [2.24, 2.45) is 5.73 Å². The Morgan fingerprint density at radius 2 is 2.00 bits per heavy atom. The molecule has 0 aromatic heterocycles. The van der Waals surface area contributed by atoms with Crippen molar-refractivity contribution in [3.05, 3.63) is 41.5 Å². The van der Waals surface area contributed by atoms with Crippen LogP contribution in [0.4, 0.5) is 0 Å². The molecule has 0 saturated heterocycles. The van der Waals surface area contributed by atoms with E-state index in [4.69, 9.17) is 10.5 Å². The molecule has 0 saturated carbocycles. The van der Waals surface area contributed by atoms with Crippen molar-refractivity contribution in [3.63, 3.8) is 0 Å². The topological polar surface area (TPSA) is 52.3 Å². The Labute approximate surface area is 102 Å². The van der Waals surface area contributed by atoms with E-state index in [0.29, 0.717) is 13.2 Å². The van der Waals surface area contributed by atoms with Crippen molar-refractivity contribution in [2.75, 3.05) is 6.61 Å². The third-order valence-corrected chi connectivity index (χ3v) is 1.91. The zero-order chi connectivity index (χ0) is 11.1. The molecule has 1 rings (SSSR count). The molecule has 1 aromatic rings. The number of hydrogen-bond acceptors (Lipinski definition) is 3. The highest BCUT2D eigenvalue weighted by atomic mass is 35.5. The van der Waals surface area contributed by atoms with Gasteiger partial charge in [-0.2, -0.15) is 0 Å². The van der Waals surface area contributed by atoms with E-state index >= 15 is 0 Å². The van der Waals surface area contributed by atoms with Gasteiger partial charge >= 0.3 is 5.97 Å². The first-order valence-electron chi connectivity index (χ1n) is 4.90. The van der Waals surface area contributed by atoms with Crippen LogP contribution in [0.3, 0.4) is 0 Å². The zero-order valence-corrected chi connectivity index (χ0v) is 10.00. The largest absolute Gasteiger partial charge is 0.463 e. The van der Waals surface area contributed by atoms with E-state index in [0.717, 1.165) is 11.1 Å². The Morgan fingerprint density at radius 3 is 2.50 bits per heavy atom. The Kier molecular flexibility index (Phi) is 7.25. The van der Waals surface area contributed by atoms with E-state index in [1.165, 1.54) is 6.08 Å². The molecule has 0 heterocycles. The summed E-state index contributed by atoms with van der Waals surface area (Å²) < 4.78 is 4.76. The van der Waals surface area contributed by atoms with E-state index in [2.05, 4.69) is 0 Å². The van der Waals surface area contributed by atoms with Crippen LogP contribution in [-0.2, 0) is 16.1 Å². The molecule has 0 aliphatic heterocycles. The maximum absolute atomic E-state index is 11.0. The Bertz CT molecular complexity index is 347. The second kappa shape index (κ2) is 7.91. The van der Waals surface area contributed by atoms with Gasteiger partial charge in [0.25, 0.3) is 0 Å². The first kappa shape index (κ1) is 14.7. The molecule has 0 aliphatic rings. The van der Waals surface area contributed by atoms with E-state index < -0.39 is 0 Å². The van der Waals surface area contributed by atoms with Gasteiger partial charge in [0.15, 0.2) is 0 Å². The molecule has 88 valence electrons. The van der Waals surface area contributed by atoms with Crippen molar-refractivity contribution in [2.45, 2.75) is 13.5 Å². The summed E-state index contributed by atoms with van der Waals surface area (Å²) in [6, 6.07) is 7.70. The van der Waals surface area contributed by atoms with Crippen LogP contribution in [0.1, 0.15) is 18.1 Å². The first-order valence-corrected chi connectivity index (χ1v) is 4.90. The van der Waals surface area contributed by atoms with E-state index in [9.17, 15) is 4.79 Å². The Balaban J connectivity index is 0.00000225. The second-order valence-electron chi connectivity index (χ2n) is 3.03. The van der Waals surface area contributed by atoms with Gasteiger partial charge in [-0.05, 0) is 24.1 Å². The average molecular weight is 242 g/mol. The molecule has 16 heavy (non-hydrogen) atoms. The zero-order valence-electron chi connectivity index (χ0n) is 9.18. The number of halogens is 1. The summed E-state index contributed by atoms with van der Waals surface area (Å²) in [5.74, 6) is -0.319. The minimum absolute atomic E-state index is 0. The molecule has 0 atom stereocenters. The minimum atomic E-state index is -0.319. The molecule has 0 unspecified atom stereocenters. The minimum Gasteiger partial charge on any atom is -0.463 e. The van der Waals surface area contributed by atoms with Gasteiger partial charge in [-0.1, -0.05) is 24.3 Å². The summed E-state index contributed by atoms with van der Waals surface area (Å²) in [5.41, 5.74) is 7.50. The van der Waals surface area contributed by atoms with Gasteiger partial charge in [-0.3, -0.25) is 0 Å². The van der Waals surface area contributed by atoms with Crippen LogP contribution in [0.2, 0.25) is 0 Å². The van der Waals surface area contributed by atoms with Crippen LogP contribution in [0.25, 0.3) is 6.08 Å². The maximum atomic E-state index is 11.0. The molecule has 0 spiro atoms. The number of hydrogen-bond donors (Lipinski definition) is 1.